The van der Waals surface area contributed by atoms with E-state index in [-0.39, 0.29) is 17.9 Å². The standard InChI is InChI=1S/C13H23N3O/c1-10(2)9-16(8-4-6-14)13(17)12-5-7-15-11(12)3/h10-12,15H,4-5,7-9H2,1-3H3. The fourth-order valence-corrected chi connectivity index (χ4v) is 2.35. The third kappa shape index (κ3) is 4.01. The second-order valence-electron chi connectivity index (χ2n) is 5.22. The van der Waals surface area contributed by atoms with Crippen LogP contribution < -0.4 is 5.32 Å². The van der Waals surface area contributed by atoms with Crippen LogP contribution in [0.25, 0.3) is 0 Å². The highest BCUT2D eigenvalue weighted by atomic mass is 16.2. The molecule has 1 rings (SSSR count). The van der Waals surface area contributed by atoms with Gasteiger partial charge in [0.25, 0.3) is 0 Å². The molecule has 2 atom stereocenters. The van der Waals surface area contributed by atoms with Crippen molar-refractivity contribution in [1.29, 1.82) is 5.26 Å². The van der Waals surface area contributed by atoms with Crippen LogP contribution in [0.1, 0.15) is 33.6 Å². The van der Waals surface area contributed by atoms with E-state index >= 15 is 0 Å². The number of carbonyl (C=O) groups excluding carboxylic acids is 1. The summed E-state index contributed by atoms with van der Waals surface area (Å²) in [5, 5.41) is 12.0. The summed E-state index contributed by atoms with van der Waals surface area (Å²) in [5.74, 6) is 0.751. The van der Waals surface area contributed by atoms with Gasteiger partial charge in [-0.15, -0.1) is 0 Å². The Balaban J connectivity index is 2.61. The molecular weight excluding hydrogens is 214 g/mol. The van der Waals surface area contributed by atoms with E-state index in [0.717, 1.165) is 19.5 Å². The Morgan fingerprint density at radius 3 is 2.76 bits per heavy atom. The summed E-state index contributed by atoms with van der Waals surface area (Å²) in [6.45, 7) is 8.51. The topological polar surface area (TPSA) is 56.1 Å². The Bertz CT molecular complexity index is 296. The molecular formula is C13H23N3O. The first-order valence-electron chi connectivity index (χ1n) is 6.45. The van der Waals surface area contributed by atoms with Gasteiger partial charge in [-0.1, -0.05) is 13.8 Å². The maximum absolute atomic E-state index is 12.4. The Morgan fingerprint density at radius 2 is 2.29 bits per heavy atom. The van der Waals surface area contributed by atoms with Crippen molar-refractivity contribution < 1.29 is 4.79 Å². The number of nitrogens with one attached hydrogen (secondary N) is 1. The molecule has 1 N–H and O–H groups in total. The van der Waals surface area contributed by atoms with Crippen molar-refractivity contribution in [1.82, 2.24) is 10.2 Å². The smallest absolute Gasteiger partial charge is 0.227 e. The zero-order valence-electron chi connectivity index (χ0n) is 11.1. The van der Waals surface area contributed by atoms with E-state index in [4.69, 9.17) is 5.26 Å². The molecule has 1 fully saturated rings. The Morgan fingerprint density at radius 1 is 1.59 bits per heavy atom. The second kappa shape index (κ2) is 6.61. The summed E-state index contributed by atoms with van der Waals surface area (Å²) in [5.41, 5.74) is 0. The molecule has 0 radical (unpaired) electrons. The molecule has 1 amide bonds. The van der Waals surface area contributed by atoms with Crippen molar-refractivity contribution >= 4 is 5.91 Å². The summed E-state index contributed by atoms with van der Waals surface area (Å²) < 4.78 is 0. The predicted molar refractivity (Wildman–Crippen MR) is 67.2 cm³/mol. The summed E-state index contributed by atoms with van der Waals surface area (Å²) >= 11 is 0. The predicted octanol–water partition coefficient (Wildman–Crippen LogP) is 1.38. The Labute approximate surface area is 104 Å². The van der Waals surface area contributed by atoms with Crippen LogP contribution in [0.2, 0.25) is 0 Å². The average molecular weight is 237 g/mol. The van der Waals surface area contributed by atoms with Crippen molar-refractivity contribution in [2.75, 3.05) is 19.6 Å². The summed E-state index contributed by atoms with van der Waals surface area (Å²) in [6.07, 6.45) is 1.34. The lowest BCUT2D eigenvalue weighted by Crippen LogP contribution is -2.42. The van der Waals surface area contributed by atoms with Crippen molar-refractivity contribution in [2.24, 2.45) is 11.8 Å². The lowest BCUT2D eigenvalue weighted by molar-refractivity contribution is -0.136. The molecule has 1 aliphatic rings. The van der Waals surface area contributed by atoms with Crippen molar-refractivity contribution in [3.63, 3.8) is 0 Å². The Hall–Kier alpha value is -1.08. The molecule has 2 unspecified atom stereocenters. The van der Waals surface area contributed by atoms with Crippen molar-refractivity contribution in [3.05, 3.63) is 0 Å². The van der Waals surface area contributed by atoms with Crippen molar-refractivity contribution in [3.8, 4) is 6.07 Å². The molecule has 0 aromatic rings. The monoisotopic (exact) mass is 237 g/mol. The highest BCUT2D eigenvalue weighted by Gasteiger charge is 2.32. The summed E-state index contributed by atoms with van der Waals surface area (Å²) in [4.78, 5) is 14.2. The van der Waals surface area contributed by atoms with Gasteiger partial charge in [0.2, 0.25) is 5.91 Å². The molecule has 17 heavy (non-hydrogen) atoms. The third-order valence-corrected chi connectivity index (χ3v) is 3.23. The van der Waals surface area contributed by atoms with Crippen LogP contribution in [0.15, 0.2) is 0 Å². The van der Waals surface area contributed by atoms with Gasteiger partial charge in [0.05, 0.1) is 18.4 Å². The molecule has 0 aromatic heterocycles. The van der Waals surface area contributed by atoms with Gasteiger partial charge in [-0.05, 0) is 25.8 Å². The number of carbonyl (C=O) groups is 1. The molecule has 0 saturated carbocycles. The van der Waals surface area contributed by atoms with Gasteiger partial charge in [0.15, 0.2) is 0 Å². The normalized spacial score (nSPS) is 23.7. The van der Waals surface area contributed by atoms with Gasteiger partial charge < -0.3 is 10.2 Å². The van der Waals surface area contributed by atoms with Gasteiger partial charge >= 0.3 is 0 Å². The molecule has 0 spiro atoms. The first kappa shape index (κ1) is 14.0. The number of nitrogens with zero attached hydrogens (tertiary/aromatic N) is 2. The highest BCUT2D eigenvalue weighted by molar-refractivity contribution is 5.80. The minimum absolute atomic E-state index is 0.0902. The van der Waals surface area contributed by atoms with Gasteiger partial charge in [0.1, 0.15) is 0 Å². The first-order valence-corrected chi connectivity index (χ1v) is 6.45. The van der Waals surface area contributed by atoms with Crippen LogP contribution >= 0.6 is 0 Å². The third-order valence-electron chi connectivity index (χ3n) is 3.23. The maximum Gasteiger partial charge on any atom is 0.227 e. The lowest BCUT2D eigenvalue weighted by Gasteiger charge is -2.28. The van der Waals surface area contributed by atoms with E-state index in [1.807, 2.05) is 4.90 Å². The molecule has 96 valence electrons. The fourth-order valence-electron chi connectivity index (χ4n) is 2.35. The van der Waals surface area contributed by atoms with Gasteiger partial charge in [0, 0.05) is 19.1 Å². The van der Waals surface area contributed by atoms with Crippen LogP contribution in [0.3, 0.4) is 0 Å². The van der Waals surface area contributed by atoms with Crippen LogP contribution in [0.5, 0.6) is 0 Å². The van der Waals surface area contributed by atoms with Gasteiger partial charge in [-0.25, -0.2) is 0 Å². The molecule has 4 nitrogen and oxygen atoms in total. The minimum atomic E-state index is 0.0902. The lowest BCUT2D eigenvalue weighted by atomic mass is 9.99. The van der Waals surface area contributed by atoms with Gasteiger partial charge in [-0.3, -0.25) is 4.79 Å². The van der Waals surface area contributed by atoms with E-state index in [2.05, 4.69) is 32.2 Å². The Kier molecular flexibility index (Phi) is 5.43. The number of hydrogen-bond donors (Lipinski definition) is 1. The number of rotatable bonds is 5. The minimum Gasteiger partial charge on any atom is -0.341 e. The quantitative estimate of drug-likeness (QED) is 0.786. The molecule has 1 aliphatic heterocycles. The molecule has 0 aliphatic carbocycles. The summed E-state index contributed by atoms with van der Waals surface area (Å²) in [6, 6.07) is 2.38. The zero-order valence-corrected chi connectivity index (χ0v) is 11.1. The number of hydrogen-bond acceptors (Lipinski definition) is 3. The molecule has 4 heteroatoms. The van der Waals surface area contributed by atoms with E-state index in [1.54, 1.807) is 0 Å². The average Bonchev–Trinajstić information content (AvgIpc) is 2.69. The number of amides is 1. The van der Waals surface area contributed by atoms with Crippen molar-refractivity contribution in [2.45, 2.75) is 39.7 Å². The zero-order chi connectivity index (χ0) is 12.8. The van der Waals surface area contributed by atoms with E-state index < -0.39 is 0 Å². The highest BCUT2D eigenvalue weighted by Crippen LogP contribution is 2.19. The van der Waals surface area contributed by atoms with E-state index in [1.165, 1.54) is 0 Å². The molecule has 0 bridgehead atoms. The van der Waals surface area contributed by atoms with Crippen LogP contribution in [0, 0.1) is 23.2 Å². The van der Waals surface area contributed by atoms with E-state index in [0.29, 0.717) is 18.9 Å². The first-order chi connectivity index (χ1) is 8.06. The summed E-state index contributed by atoms with van der Waals surface area (Å²) in [7, 11) is 0. The van der Waals surface area contributed by atoms with Crippen LogP contribution in [0.4, 0.5) is 0 Å². The maximum atomic E-state index is 12.4. The molecule has 1 saturated heterocycles. The second-order valence-corrected chi connectivity index (χ2v) is 5.22. The largest absolute Gasteiger partial charge is 0.341 e. The molecule has 1 heterocycles. The van der Waals surface area contributed by atoms with Gasteiger partial charge in [-0.2, -0.15) is 5.26 Å². The van der Waals surface area contributed by atoms with Crippen LogP contribution in [-0.4, -0.2) is 36.5 Å². The fraction of sp³-hybridized carbons (Fsp3) is 0.846. The molecule has 0 aromatic carbocycles. The van der Waals surface area contributed by atoms with Crippen LogP contribution in [-0.2, 0) is 4.79 Å². The van der Waals surface area contributed by atoms with E-state index in [9.17, 15) is 4.79 Å². The number of nitriles is 1. The SMILES string of the molecule is CC(C)CN(CCC#N)C(=O)C1CCNC1C.